The summed E-state index contributed by atoms with van der Waals surface area (Å²) in [6.45, 7) is 2.81. The summed E-state index contributed by atoms with van der Waals surface area (Å²) in [5, 5.41) is 5.66. The molecule has 136 valence electrons. The van der Waals surface area contributed by atoms with Gasteiger partial charge in [-0.2, -0.15) is 0 Å². The van der Waals surface area contributed by atoms with Crippen molar-refractivity contribution in [1.82, 2.24) is 20.4 Å². The first kappa shape index (κ1) is 21.0. The highest BCUT2D eigenvalue weighted by Gasteiger charge is 2.33. The summed E-state index contributed by atoms with van der Waals surface area (Å²) in [6.07, 6.45) is 1.64. The maximum Gasteiger partial charge on any atom is 0.224 e. The number of ketones is 2. The monoisotopic (exact) mass is 376 g/mol. The molecule has 0 unspecified atom stereocenters. The number of halogens is 2. The van der Waals surface area contributed by atoms with Crippen LogP contribution in [0, 0.1) is 0 Å². The lowest BCUT2D eigenvalue weighted by Gasteiger charge is -2.20. The molecule has 0 fully saturated rings. The number of Topliss-reactive ketones (excluding diaryl/α,β-unsaturated/α-hetero) is 2. The van der Waals surface area contributed by atoms with Crippen molar-refractivity contribution >= 4 is 34.8 Å². The number of hydrogen-bond acceptors (Lipinski definition) is 6. The summed E-state index contributed by atoms with van der Waals surface area (Å²) in [7, 11) is 7.87. The number of allylic oxidation sites excluding steroid dienone is 2. The summed E-state index contributed by atoms with van der Waals surface area (Å²) < 4.78 is 0. The van der Waals surface area contributed by atoms with E-state index in [2.05, 4.69) is 10.6 Å². The van der Waals surface area contributed by atoms with Gasteiger partial charge >= 0.3 is 0 Å². The Hall–Kier alpha value is -1.08. The van der Waals surface area contributed by atoms with Gasteiger partial charge in [0.1, 0.15) is 21.5 Å². The van der Waals surface area contributed by atoms with Crippen molar-refractivity contribution in [2.75, 3.05) is 54.4 Å². The number of carbonyl (C=O) groups is 2. The molecular weight excluding hydrogens is 351 g/mol. The number of nitrogens with one attached hydrogen (secondary N) is 2. The first-order valence-corrected chi connectivity index (χ1v) is 8.67. The molecule has 0 aromatic carbocycles. The molecule has 0 heterocycles. The second-order valence-electron chi connectivity index (χ2n) is 6.20. The average Bonchev–Trinajstić information content (AvgIpc) is 2.51. The van der Waals surface area contributed by atoms with Crippen LogP contribution in [-0.4, -0.2) is 75.7 Å². The molecule has 0 saturated heterocycles. The van der Waals surface area contributed by atoms with Crippen LogP contribution in [0.5, 0.6) is 0 Å². The van der Waals surface area contributed by atoms with Crippen LogP contribution in [0.1, 0.15) is 12.8 Å². The van der Waals surface area contributed by atoms with Crippen LogP contribution in [0.25, 0.3) is 0 Å². The van der Waals surface area contributed by atoms with E-state index in [1.165, 1.54) is 0 Å². The normalized spacial score (nSPS) is 15.8. The molecular formula is C16H26Cl2N4O2. The zero-order valence-electron chi connectivity index (χ0n) is 14.7. The van der Waals surface area contributed by atoms with Crippen LogP contribution in [-0.2, 0) is 9.59 Å². The van der Waals surface area contributed by atoms with E-state index < -0.39 is 11.6 Å². The standard InChI is InChI=1S/C16H26Cl2N4O2/c1-21(2)9-5-7-19-13-11(17)16(24)14(12(18)15(13)23)20-8-6-10-22(3)4/h19-20H,5-10H2,1-4H3. The topological polar surface area (TPSA) is 64.7 Å². The minimum atomic E-state index is -0.443. The van der Waals surface area contributed by atoms with Crippen molar-refractivity contribution in [3.8, 4) is 0 Å². The molecule has 0 aliphatic heterocycles. The van der Waals surface area contributed by atoms with Gasteiger partial charge in [-0.25, -0.2) is 0 Å². The van der Waals surface area contributed by atoms with Gasteiger partial charge in [-0.3, -0.25) is 9.59 Å². The molecule has 0 atom stereocenters. The highest BCUT2D eigenvalue weighted by Crippen LogP contribution is 2.26. The van der Waals surface area contributed by atoms with Crippen LogP contribution in [0.2, 0.25) is 0 Å². The van der Waals surface area contributed by atoms with Gasteiger partial charge in [0.15, 0.2) is 0 Å². The summed E-state index contributed by atoms with van der Waals surface area (Å²) >= 11 is 12.2. The van der Waals surface area contributed by atoms with E-state index in [0.29, 0.717) is 13.1 Å². The molecule has 0 radical (unpaired) electrons. The molecule has 0 spiro atoms. The molecule has 6 nitrogen and oxygen atoms in total. The first-order chi connectivity index (χ1) is 11.3. The SMILES string of the molecule is CN(C)CCCNC1=C(Cl)C(=O)C(NCCCN(C)C)=C(Cl)C1=O. The Morgan fingerprint density at radius 1 is 0.750 bits per heavy atom. The third kappa shape index (κ3) is 6.09. The first-order valence-electron chi connectivity index (χ1n) is 7.91. The van der Waals surface area contributed by atoms with Crippen LogP contribution in [0.15, 0.2) is 21.5 Å². The quantitative estimate of drug-likeness (QED) is 0.440. The number of rotatable bonds is 10. The van der Waals surface area contributed by atoms with Crippen molar-refractivity contribution < 1.29 is 9.59 Å². The number of nitrogens with zero attached hydrogens (tertiary/aromatic N) is 2. The van der Waals surface area contributed by atoms with Gasteiger partial charge in [-0.05, 0) is 54.1 Å². The Labute approximate surface area is 153 Å². The van der Waals surface area contributed by atoms with Crippen molar-refractivity contribution in [1.29, 1.82) is 0 Å². The Morgan fingerprint density at radius 3 is 1.38 bits per heavy atom. The summed E-state index contributed by atoms with van der Waals surface area (Å²) in [5.74, 6) is -0.887. The van der Waals surface area contributed by atoms with Crippen molar-refractivity contribution in [2.24, 2.45) is 0 Å². The fourth-order valence-electron chi connectivity index (χ4n) is 2.18. The van der Waals surface area contributed by atoms with Gasteiger partial charge in [0.05, 0.1) is 0 Å². The average molecular weight is 377 g/mol. The molecule has 0 aromatic rings. The highest BCUT2D eigenvalue weighted by atomic mass is 35.5. The molecule has 0 bridgehead atoms. The van der Waals surface area contributed by atoms with Gasteiger partial charge in [-0.15, -0.1) is 0 Å². The lowest BCUT2D eigenvalue weighted by molar-refractivity contribution is -0.116. The van der Waals surface area contributed by atoms with Gasteiger partial charge in [-0.1, -0.05) is 23.2 Å². The Morgan fingerprint density at radius 2 is 1.08 bits per heavy atom. The molecule has 0 aromatic heterocycles. The third-order valence-electron chi connectivity index (χ3n) is 3.46. The van der Waals surface area contributed by atoms with E-state index in [1.807, 2.05) is 38.0 Å². The predicted octanol–water partition coefficient (Wildman–Crippen LogP) is 1.12. The van der Waals surface area contributed by atoms with Gasteiger partial charge in [0, 0.05) is 13.1 Å². The fourth-order valence-corrected chi connectivity index (χ4v) is 2.67. The number of hydrogen-bond donors (Lipinski definition) is 2. The molecule has 0 amide bonds. The summed E-state index contributed by atoms with van der Waals surface area (Å²) in [6, 6.07) is 0. The largest absolute Gasteiger partial charge is 0.380 e. The second kappa shape index (κ2) is 10.0. The molecule has 2 N–H and O–H groups in total. The lowest BCUT2D eigenvalue weighted by Crippen LogP contribution is -2.35. The van der Waals surface area contributed by atoms with E-state index in [9.17, 15) is 9.59 Å². The van der Waals surface area contributed by atoms with Crippen molar-refractivity contribution in [2.45, 2.75) is 12.8 Å². The molecule has 1 rings (SSSR count). The van der Waals surface area contributed by atoms with E-state index in [1.54, 1.807) is 0 Å². The van der Waals surface area contributed by atoms with E-state index >= 15 is 0 Å². The molecule has 24 heavy (non-hydrogen) atoms. The molecule has 8 heteroatoms. The van der Waals surface area contributed by atoms with Crippen LogP contribution >= 0.6 is 23.2 Å². The maximum absolute atomic E-state index is 12.4. The fraction of sp³-hybridized carbons (Fsp3) is 0.625. The molecule has 0 saturated carbocycles. The van der Waals surface area contributed by atoms with E-state index in [4.69, 9.17) is 23.2 Å². The minimum absolute atomic E-state index is 0.0873. The smallest absolute Gasteiger partial charge is 0.224 e. The molecule has 1 aliphatic carbocycles. The second-order valence-corrected chi connectivity index (χ2v) is 6.96. The van der Waals surface area contributed by atoms with E-state index in [-0.39, 0.29) is 21.5 Å². The Bertz CT molecular complexity index is 494. The predicted molar refractivity (Wildman–Crippen MR) is 98.1 cm³/mol. The van der Waals surface area contributed by atoms with Crippen molar-refractivity contribution in [3.63, 3.8) is 0 Å². The lowest BCUT2D eigenvalue weighted by atomic mass is 10.1. The van der Waals surface area contributed by atoms with Crippen molar-refractivity contribution in [3.05, 3.63) is 21.5 Å². The Kier molecular flexibility index (Phi) is 8.76. The van der Waals surface area contributed by atoms with Crippen LogP contribution < -0.4 is 10.6 Å². The summed E-state index contributed by atoms with van der Waals surface area (Å²) in [5.41, 5.74) is 0.175. The third-order valence-corrected chi connectivity index (χ3v) is 4.18. The van der Waals surface area contributed by atoms with Crippen LogP contribution in [0.3, 0.4) is 0 Å². The number of carbonyl (C=O) groups excluding carboxylic acids is 2. The van der Waals surface area contributed by atoms with Gasteiger partial charge in [0.25, 0.3) is 0 Å². The zero-order chi connectivity index (χ0) is 18.3. The van der Waals surface area contributed by atoms with E-state index in [0.717, 1.165) is 25.9 Å². The zero-order valence-corrected chi connectivity index (χ0v) is 16.2. The van der Waals surface area contributed by atoms with Crippen LogP contribution in [0.4, 0.5) is 0 Å². The maximum atomic E-state index is 12.4. The summed E-state index contributed by atoms with van der Waals surface area (Å²) in [4.78, 5) is 28.8. The molecule has 1 aliphatic rings. The highest BCUT2D eigenvalue weighted by molar-refractivity contribution is 6.55. The Balaban J connectivity index is 2.67. The van der Waals surface area contributed by atoms with Gasteiger partial charge < -0.3 is 20.4 Å². The minimum Gasteiger partial charge on any atom is -0.380 e. The van der Waals surface area contributed by atoms with Gasteiger partial charge in [0.2, 0.25) is 11.6 Å².